The van der Waals surface area contributed by atoms with Crippen molar-refractivity contribution in [2.75, 3.05) is 6.54 Å². The third-order valence-corrected chi connectivity index (χ3v) is 1.98. The summed E-state index contributed by atoms with van der Waals surface area (Å²) in [6.45, 7) is 1.28. The molecule has 2 saturated heterocycles. The highest BCUT2D eigenvalue weighted by Gasteiger charge is 2.56. The maximum Gasteiger partial charge on any atom is 0.188 e. The van der Waals surface area contributed by atoms with Crippen molar-refractivity contribution in [3.63, 3.8) is 0 Å². The van der Waals surface area contributed by atoms with E-state index in [2.05, 4.69) is 4.90 Å². The van der Waals surface area contributed by atoms with E-state index in [4.69, 9.17) is 5.73 Å². The Bertz CT molecular complexity index is 92.1. The van der Waals surface area contributed by atoms with Gasteiger partial charge >= 0.3 is 0 Å². The molecule has 2 fully saturated rings. The molecule has 0 bridgehead atoms. The van der Waals surface area contributed by atoms with Gasteiger partial charge in [-0.2, -0.15) is 0 Å². The molecule has 2 nitrogen and oxygen atoms in total. The Balaban J connectivity index is 2.08. The Labute approximate surface area is 43.3 Å². The minimum Gasteiger partial charge on any atom is -0.278 e. The van der Waals surface area contributed by atoms with Crippen LogP contribution in [0.25, 0.3) is 0 Å². The van der Waals surface area contributed by atoms with Gasteiger partial charge in [0.05, 0.1) is 0 Å². The summed E-state index contributed by atoms with van der Waals surface area (Å²) in [7, 11) is 0. The zero-order valence-electron chi connectivity index (χ0n) is 4.30. The van der Waals surface area contributed by atoms with Gasteiger partial charge in [0.1, 0.15) is 0 Å². The Morgan fingerprint density at radius 1 is 1.43 bits per heavy atom. The highest BCUT2D eigenvalue weighted by Crippen LogP contribution is 2.29. The molecular weight excluding hydrogens is 88.1 g/mol. The molecule has 2 heterocycles. The molecule has 3 atom stereocenters. The summed E-state index contributed by atoms with van der Waals surface area (Å²) in [5.41, 5.74) is 5.65. The van der Waals surface area contributed by atoms with Crippen LogP contribution in [-0.4, -0.2) is 18.8 Å². The monoisotopic (exact) mass is 98.1 g/mol. The first-order valence-corrected chi connectivity index (χ1v) is 2.89. The molecule has 2 N–H and O–H groups in total. The molecule has 39 valence electrons. The van der Waals surface area contributed by atoms with Gasteiger partial charge in [0.15, 0.2) is 18.8 Å². The molecule has 0 spiro atoms. The number of fused-ring (bicyclic) bond motifs is 1. The fourth-order valence-corrected chi connectivity index (χ4v) is 1.39. The molecule has 1 radical (unpaired) electrons. The van der Waals surface area contributed by atoms with Crippen molar-refractivity contribution >= 4 is 0 Å². The maximum absolute atomic E-state index is 5.65. The van der Waals surface area contributed by atoms with E-state index in [0.29, 0.717) is 6.17 Å². The van der Waals surface area contributed by atoms with Crippen LogP contribution in [0.15, 0.2) is 0 Å². The van der Waals surface area contributed by atoms with E-state index < -0.39 is 0 Å². The van der Waals surface area contributed by atoms with Gasteiger partial charge in [-0.05, 0) is 0 Å². The minimum absolute atomic E-state index is 0.421. The summed E-state index contributed by atoms with van der Waals surface area (Å²) >= 11 is 0. The average molecular weight is 98.1 g/mol. The van der Waals surface area contributed by atoms with E-state index >= 15 is 0 Å². The van der Waals surface area contributed by atoms with Gasteiger partial charge in [-0.25, -0.2) is 0 Å². The molecular formula is C5H10N2+. The molecule has 0 amide bonds. The molecule has 0 aromatic heterocycles. The fraction of sp³-hybridized carbons (Fsp3) is 1.00. The lowest BCUT2D eigenvalue weighted by Crippen LogP contribution is -2.28. The lowest BCUT2D eigenvalue weighted by atomic mass is 10.2. The molecule has 2 heteroatoms. The normalized spacial score (nSPS) is 57.0. The highest BCUT2D eigenvalue weighted by molar-refractivity contribution is 5.04. The lowest BCUT2D eigenvalue weighted by molar-refractivity contribution is 0.550. The molecule has 0 aromatic carbocycles. The Kier molecular flexibility index (Phi) is 0.557. The van der Waals surface area contributed by atoms with Crippen LogP contribution in [-0.2, 0) is 0 Å². The predicted octanol–water partition coefficient (Wildman–Crippen LogP) is -0.413. The standard InChI is InChI=1S/C5H10N2/c6-5-2-1-4-3-7(4)5/h4-5H,1-3,6H2/q+1. The molecule has 0 saturated carbocycles. The van der Waals surface area contributed by atoms with Crippen LogP contribution < -0.4 is 10.6 Å². The topological polar surface area (TPSA) is 31.9 Å². The smallest absolute Gasteiger partial charge is 0.188 e. The minimum atomic E-state index is 0.421. The molecule has 2 aliphatic rings. The lowest BCUT2D eigenvalue weighted by Gasteiger charge is -1.91. The SMILES string of the molecule is NC1CCC2C[N+]12. The zero-order chi connectivity index (χ0) is 4.85. The molecule has 7 heavy (non-hydrogen) atoms. The van der Waals surface area contributed by atoms with Crippen LogP contribution >= 0.6 is 0 Å². The highest BCUT2D eigenvalue weighted by atomic mass is 15.4. The largest absolute Gasteiger partial charge is 0.278 e. The molecule has 3 unspecified atom stereocenters. The van der Waals surface area contributed by atoms with Crippen LogP contribution in [0.5, 0.6) is 0 Å². The van der Waals surface area contributed by atoms with Crippen LogP contribution in [0, 0.1) is 0 Å². The summed E-state index contributed by atoms with van der Waals surface area (Å²) in [6, 6.07) is 0.898. The molecule has 2 rings (SSSR count). The van der Waals surface area contributed by atoms with Crippen LogP contribution in [0.4, 0.5) is 0 Å². The van der Waals surface area contributed by atoms with Gasteiger partial charge in [0.2, 0.25) is 0 Å². The number of nitrogens with two attached hydrogens (primary N) is 1. The number of piperidine rings is 1. The van der Waals surface area contributed by atoms with E-state index in [1.807, 2.05) is 0 Å². The first kappa shape index (κ1) is 3.87. The Morgan fingerprint density at radius 3 is 2.43 bits per heavy atom. The second-order valence-corrected chi connectivity index (χ2v) is 2.50. The van der Waals surface area contributed by atoms with Crippen molar-refractivity contribution in [2.45, 2.75) is 25.0 Å². The quantitative estimate of drug-likeness (QED) is 0.324. The Morgan fingerprint density at radius 2 is 2.29 bits per heavy atom. The van der Waals surface area contributed by atoms with Crippen molar-refractivity contribution in [1.29, 1.82) is 0 Å². The summed E-state index contributed by atoms with van der Waals surface area (Å²) in [5.74, 6) is 0. The van der Waals surface area contributed by atoms with Crippen molar-refractivity contribution in [3.8, 4) is 0 Å². The van der Waals surface area contributed by atoms with Gasteiger partial charge < -0.3 is 0 Å². The molecule has 0 aromatic rings. The van der Waals surface area contributed by atoms with E-state index in [0.717, 1.165) is 6.04 Å². The number of hydrogen-bond acceptors (Lipinski definition) is 2. The average Bonchev–Trinajstić information content (AvgIpc) is 2.33. The van der Waals surface area contributed by atoms with Crippen LogP contribution in [0.1, 0.15) is 12.8 Å². The number of nitrogens with zero attached hydrogens (tertiary/aromatic N) is 1. The second kappa shape index (κ2) is 1.01. The van der Waals surface area contributed by atoms with Crippen molar-refractivity contribution in [3.05, 3.63) is 0 Å². The maximum atomic E-state index is 5.65. The molecule has 2 aliphatic heterocycles. The second-order valence-electron chi connectivity index (χ2n) is 2.50. The van der Waals surface area contributed by atoms with Gasteiger partial charge in [0.25, 0.3) is 0 Å². The first-order valence-electron chi connectivity index (χ1n) is 2.89. The third-order valence-electron chi connectivity index (χ3n) is 1.98. The third kappa shape index (κ3) is 0.409. The van der Waals surface area contributed by atoms with Crippen LogP contribution in [0.3, 0.4) is 0 Å². The predicted molar refractivity (Wildman–Crippen MR) is 28.0 cm³/mol. The molecule has 0 aliphatic carbocycles. The van der Waals surface area contributed by atoms with E-state index in [-0.39, 0.29) is 0 Å². The van der Waals surface area contributed by atoms with Gasteiger partial charge in [-0.3, -0.25) is 5.73 Å². The first-order chi connectivity index (χ1) is 3.38. The van der Waals surface area contributed by atoms with Crippen molar-refractivity contribution in [1.82, 2.24) is 4.90 Å². The van der Waals surface area contributed by atoms with E-state index in [1.54, 1.807) is 0 Å². The van der Waals surface area contributed by atoms with E-state index in [9.17, 15) is 0 Å². The van der Waals surface area contributed by atoms with Crippen molar-refractivity contribution < 1.29 is 0 Å². The van der Waals surface area contributed by atoms with Gasteiger partial charge in [0, 0.05) is 12.8 Å². The summed E-state index contributed by atoms with van der Waals surface area (Å²) in [5, 5.41) is 0. The van der Waals surface area contributed by atoms with Gasteiger partial charge in [-0.1, -0.05) is 0 Å². The van der Waals surface area contributed by atoms with Gasteiger partial charge in [-0.15, -0.1) is 4.90 Å². The van der Waals surface area contributed by atoms with Crippen molar-refractivity contribution in [2.24, 2.45) is 5.73 Å². The Hall–Kier alpha value is -0.0800. The van der Waals surface area contributed by atoms with E-state index in [1.165, 1.54) is 19.4 Å². The zero-order valence-corrected chi connectivity index (χ0v) is 4.30. The summed E-state index contributed by atoms with van der Waals surface area (Å²) < 4.78 is 0. The number of rotatable bonds is 0. The fourth-order valence-electron chi connectivity index (χ4n) is 1.39. The summed E-state index contributed by atoms with van der Waals surface area (Å²) in [6.07, 6.45) is 3.00. The summed E-state index contributed by atoms with van der Waals surface area (Å²) in [4.78, 5) is 2.35. The number of hydrogen-bond donors (Lipinski definition) is 1. The van der Waals surface area contributed by atoms with Crippen LogP contribution in [0.2, 0.25) is 0 Å².